The van der Waals surface area contributed by atoms with E-state index in [9.17, 15) is 9.59 Å². The third kappa shape index (κ3) is 4.55. The molecule has 1 aromatic rings. The lowest BCUT2D eigenvalue weighted by molar-refractivity contribution is -0.132. The van der Waals surface area contributed by atoms with Crippen LogP contribution in [0.2, 0.25) is 0 Å². The van der Waals surface area contributed by atoms with E-state index in [1.165, 1.54) is 31.9 Å². The van der Waals surface area contributed by atoms with E-state index in [4.69, 9.17) is 0 Å². The maximum absolute atomic E-state index is 12.6. The van der Waals surface area contributed by atoms with Crippen LogP contribution in [0.25, 0.3) is 0 Å². The number of benzene rings is 1. The minimum atomic E-state index is -0.0989. The highest BCUT2D eigenvalue weighted by Crippen LogP contribution is 2.24. The number of hydrogen-bond acceptors (Lipinski definition) is 4. The Balaban J connectivity index is 1.65. The topological polar surface area (TPSA) is 47.1 Å². The Morgan fingerprint density at radius 1 is 0.923 bits per heavy atom. The fourth-order valence-electron chi connectivity index (χ4n) is 3.67. The van der Waals surface area contributed by atoms with E-state index in [0.717, 1.165) is 45.0 Å². The van der Waals surface area contributed by atoms with Gasteiger partial charge in [0.1, 0.15) is 6.54 Å². The van der Waals surface area contributed by atoms with Crippen LogP contribution in [0.4, 0.5) is 11.4 Å². The van der Waals surface area contributed by atoms with E-state index < -0.39 is 0 Å². The normalized spacial score (nSPS) is 18.7. The highest BCUT2D eigenvalue weighted by molar-refractivity contribution is 5.97. The predicted molar refractivity (Wildman–Crippen MR) is 105 cm³/mol. The lowest BCUT2D eigenvalue weighted by Crippen LogP contribution is -2.50. The monoisotopic (exact) mass is 358 g/mol. The van der Waals surface area contributed by atoms with Gasteiger partial charge in [-0.05, 0) is 50.6 Å². The second-order valence-electron chi connectivity index (χ2n) is 7.35. The molecule has 3 rings (SSSR count). The van der Waals surface area contributed by atoms with Crippen LogP contribution in [0.3, 0.4) is 0 Å². The summed E-state index contributed by atoms with van der Waals surface area (Å²) in [6.07, 6.45) is 3.78. The van der Waals surface area contributed by atoms with Crippen LogP contribution in [0.15, 0.2) is 24.3 Å². The molecule has 2 aliphatic heterocycles. The summed E-state index contributed by atoms with van der Waals surface area (Å²) in [6, 6.07) is 8.05. The number of nitrogens with zero attached hydrogens (tertiary/aromatic N) is 4. The zero-order valence-corrected chi connectivity index (χ0v) is 16.0. The first-order valence-corrected chi connectivity index (χ1v) is 9.64. The molecule has 0 spiro atoms. The van der Waals surface area contributed by atoms with Gasteiger partial charge in [-0.15, -0.1) is 0 Å². The van der Waals surface area contributed by atoms with E-state index in [-0.39, 0.29) is 18.4 Å². The van der Waals surface area contributed by atoms with E-state index >= 15 is 0 Å². The zero-order chi connectivity index (χ0) is 18.5. The summed E-state index contributed by atoms with van der Waals surface area (Å²) in [4.78, 5) is 32.8. The largest absolute Gasteiger partial charge is 0.372 e. The summed E-state index contributed by atoms with van der Waals surface area (Å²) in [5, 5.41) is 0. The first kappa shape index (κ1) is 18.7. The molecule has 0 saturated carbocycles. The fourth-order valence-corrected chi connectivity index (χ4v) is 3.67. The van der Waals surface area contributed by atoms with Gasteiger partial charge in [-0.25, -0.2) is 0 Å². The Hall–Kier alpha value is -2.08. The molecular weight excluding hydrogens is 328 g/mol. The van der Waals surface area contributed by atoms with Gasteiger partial charge in [0, 0.05) is 57.6 Å². The highest BCUT2D eigenvalue weighted by atomic mass is 16.2. The minimum absolute atomic E-state index is 0.0217. The van der Waals surface area contributed by atoms with Crippen molar-refractivity contribution in [2.24, 2.45) is 0 Å². The maximum Gasteiger partial charge on any atom is 0.242 e. The molecule has 6 heteroatoms. The van der Waals surface area contributed by atoms with Gasteiger partial charge in [-0.2, -0.15) is 0 Å². The van der Waals surface area contributed by atoms with Crippen LogP contribution in [-0.4, -0.2) is 74.5 Å². The number of piperidine rings is 1. The van der Waals surface area contributed by atoms with Crippen molar-refractivity contribution < 1.29 is 9.59 Å². The average molecular weight is 358 g/mol. The lowest BCUT2D eigenvalue weighted by Gasteiger charge is -2.34. The molecule has 2 fully saturated rings. The Morgan fingerprint density at radius 2 is 1.54 bits per heavy atom. The molecule has 0 bridgehead atoms. The molecular formula is C20H30N4O2. The smallest absolute Gasteiger partial charge is 0.242 e. The zero-order valence-electron chi connectivity index (χ0n) is 16.0. The molecule has 142 valence electrons. The van der Waals surface area contributed by atoms with Crippen molar-refractivity contribution in [2.75, 3.05) is 62.7 Å². The number of likely N-dealkylation sites (N-methyl/N-ethyl adjacent to an activating group) is 1. The molecule has 0 N–H and O–H groups in total. The summed E-state index contributed by atoms with van der Waals surface area (Å²) in [6.45, 7) is 7.06. The van der Waals surface area contributed by atoms with Crippen molar-refractivity contribution >= 4 is 23.2 Å². The van der Waals surface area contributed by atoms with Crippen molar-refractivity contribution in [1.29, 1.82) is 0 Å². The van der Waals surface area contributed by atoms with Crippen LogP contribution in [0.5, 0.6) is 0 Å². The fraction of sp³-hybridized carbons (Fsp3) is 0.600. The molecule has 0 unspecified atom stereocenters. The van der Waals surface area contributed by atoms with Gasteiger partial charge in [0.2, 0.25) is 11.8 Å². The van der Waals surface area contributed by atoms with Crippen LogP contribution in [0, 0.1) is 0 Å². The predicted octanol–water partition coefficient (Wildman–Crippen LogP) is 1.80. The molecule has 0 atom stereocenters. The van der Waals surface area contributed by atoms with Crippen LogP contribution in [0.1, 0.15) is 26.2 Å². The van der Waals surface area contributed by atoms with E-state index in [1.54, 1.807) is 4.90 Å². The molecule has 0 aliphatic carbocycles. The molecule has 1 aromatic carbocycles. The quantitative estimate of drug-likeness (QED) is 0.824. The first-order chi connectivity index (χ1) is 12.5. The van der Waals surface area contributed by atoms with E-state index in [2.05, 4.69) is 29.0 Å². The van der Waals surface area contributed by atoms with Crippen LogP contribution in [-0.2, 0) is 9.59 Å². The van der Waals surface area contributed by atoms with Gasteiger partial charge in [0.25, 0.3) is 0 Å². The van der Waals surface area contributed by atoms with Gasteiger partial charge >= 0.3 is 0 Å². The summed E-state index contributed by atoms with van der Waals surface area (Å²) < 4.78 is 0. The Labute approximate surface area is 156 Å². The van der Waals surface area contributed by atoms with Crippen molar-refractivity contribution in [3.8, 4) is 0 Å². The third-order valence-electron chi connectivity index (χ3n) is 5.41. The highest BCUT2D eigenvalue weighted by Gasteiger charge is 2.23. The summed E-state index contributed by atoms with van der Waals surface area (Å²) >= 11 is 0. The van der Waals surface area contributed by atoms with E-state index in [0.29, 0.717) is 0 Å². The standard InChI is InChI=1S/C20H30N4O2/c1-17(25)24(16-20(26)23-14-12-21(2)13-15-23)19-8-6-18(7-9-19)22-10-4-3-5-11-22/h6-9H,3-5,10-16H2,1-2H3. The SMILES string of the molecule is CC(=O)N(CC(=O)N1CCN(C)CC1)c1ccc(N2CCCCC2)cc1. The second-order valence-corrected chi connectivity index (χ2v) is 7.35. The van der Waals surface area contributed by atoms with Gasteiger partial charge in [-0.3, -0.25) is 9.59 Å². The van der Waals surface area contributed by atoms with Gasteiger partial charge in [-0.1, -0.05) is 0 Å². The number of amides is 2. The maximum atomic E-state index is 12.6. The molecule has 6 nitrogen and oxygen atoms in total. The Morgan fingerprint density at radius 3 is 2.12 bits per heavy atom. The number of carbonyl (C=O) groups is 2. The number of hydrogen-bond donors (Lipinski definition) is 0. The third-order valence-corrected chi connectivity index (χ3v) is 5.41. The first-order valence-electron chi connectivity index (χ1n) is 9.64. The van der Waals surface area contributed by atoms with Crippen molar-refractivity contribution in [1.82, 2.24) is 9.80 Å². The van der Waals surface area contributed by atoms with Gasteiger partial charge < -0.3 is 19.6 Å². The molecule has 2 heterocycles. The van der Waals surface area contributed by atoms with Crippen molar-refractivity contribution in [3.63, 3.8) is 0 Å². The second kappa shape index (κ2) is 8.54. The lowest BCUT2D eigenvalue weighted by atomic mass is 10.1. The van der Waals surface area contributed by atoms with Crippen LogP contribution >= 0.6 is 0 Å². The molecule has 2 amide bonds. The van der Waals surface area contributed by atoms with Crippen molar-refractivity contribution in [3.05, 3.63) is 24.3 Å². The summed E-state index contributed by atoms with van der Waals surface area (Å²) in [5.74, 6) is -0.0772. The Kier molecular flexibility index (Phi) is 6.14. The molecule has 0 aromatic heterocycles. The molecule has 26 heavy (non-hydrogen) atoms. The summed E-state index contributed by atoms with van der Waals surface area (Å²) in [5.41, 5.74) is 1.99. The number of anilines is 2. The number of rotatable bonds is 4. The number of piperazine rings is 1. The molecule has 2 saturated heterocycles. The van der Waals surface area contributed by atoms with Crippen LogP contribution < -0.4 is 9.80 Å². The van der Waals surface area contributed by atoms with Gasteiger partial charge in [0.15, 0.2) is 0 Å². The molecule has 2 aliphatic rings. The van der Waals surface area contributed by atoms with E-state index in [1.807, 2.05) is 17.0 Å². The average Bonchev–Trinajstić information content (AvgIpc) is 2.67. The van der Waals surface area contributed by atoms with Gasteiger partial charge in [0.05, 0.1) is 0 Å². The summed E-state index contributed by atoms with van der Waals surface area (Å²) in [7, 11) is 2.06. The Bertz CT molecular complexity index is 617. The molecule has 0 radical (unpaired) electrons. The number of carbonyl (C=O) groups excluding carboxylic acids is 2. The minimum Gasteiger partial charge on any atom is -0.372 e. The van der Waals surface area contributed by atoms with Crippen molar-refractivity contribution in [2.45, 2.75) is 26.2 Å².